The highest BCUT2D eigenvalue weighted by atomic mass is 19.1. The van der Waals surface area contributed by atoms with Crippen molar-refractivity contribution in [3.05, 3.63) is 24.1 Å². The van der Waals surface area contributed by atoms with Gasteiger partial charge in [-0.25, -0.2) is 14.2 Å². The molecule has 2 N–H and O–H groups in total. The Labute approximate surface area is 105 Å². The molecule has 2 amide bonds. The van der Waals surface area contributed by atoms with Gasteiger partial charge >= 0.3 is 6.03 Å². The Hall–Kier alpha value is -1.69. The van der Waals surface area contributed by atoms with Crippen LogP contribution in [-0.2, 0) is 4.74 Å². The first-order valence-corrected chi connectivity index (χ1v) is 5.91. The summed E-state index contributed by atoms with van der Waals surface area (Å²) in [5, 5.41) is 5.39. The van der Waals surface area contributed by atoms with E-state index in [0.717, 1.165) is 25.5 Å². The molecule has 1 saturated carbocycles. The maximum atomic E-state index is 12.6. The molecule has 1 heterocycles. The van der Waals surface area contributed by atoms with Gasteiger partial charge in [0.15, 0.2) is 0 Å². The molecular formula is C12H16FN3O2. The van der Waals surface area contributed by atoms with Crippen molar-refractivity contribution in [1.29, 1.82) is 0 Å². The zero-order valence-electron chi connectivity index (χ0n) is 10.1. The van der Waals surface area contributed by atoms with Gasteiger partial charge in [0.05, 0.1) is 18.3 Å². The average Bonchev–Trinajstić information content (AvgIpc) is 2.79. The van der Waals surface area contributed by atoms with Gasteiger partial charge < -0.3 is 10.1 Å². The molecule has 0 saturated heterocycles. The average molecular weight is 253 g/mol. The second-order valence-corrected chi connectivity index (χ2v) is 4.27. The number of ether oxygens (including phenoxy) is 1. The van der Waals surface area contributed by atoms with E-state index in [1.54, 1.807) is 7.11 Å². The van der Waals surface area contributed by atoms with Crippen molar-refractivity contribution in [2.75, 3.05) is 12.4 Å². The normalized spacial score (nSPS) is 22.8. The summed E-state index contributed by atoms with van der Waals surface area (Å²) in [4.78, 5) is 15.5. The van der Waals surface area contributed by atoms with Crippen molar-refractivity contribution in [1.82, 2.24) is 10.3 Å². The van der Waals surface area contributed by atoms with E-state index >= 15 is 0 Å². The lowest BCUT2D eigenvalue weighted by atomic mass is 10.2. The number of methoxy groups -OCH3 is 1. The molecule has 1 aromatic heterocycles. The molecule has 1 aliphatic rings. The monoisotopic (exact) mass is 253 g/mol. The zero-order valence-corrected chi connectivity index (χ0v) is 10.1. The number of hydrogen-bond donors (Lipinski definition) is 2. The van der Waals surface area contributed by atoms with Crippen LogP contribution < -0.4 is 10.6 Å². The number of urea groups is 1. The van der Waals surface area contributed by atoms with Gasteiger partial charge in [0, 0.05) is 7.11 Å². The number of carbonyl (C=O) groups is 1. The maximum Gasteiger partial charge on any atom is 0.320 e. The van der Waals surface area contributed by atoms with Gasteiger partial charge in [-0.05, 0) is 31.4 Å². The first kappa shape index (κ1) is 12.8. The molecular weight excluding hydrogens is 237 g/mol. The Balaban J connectivity index is 1.86. The van der Waals surface area contributed by atoms with Gasteiger partial charge in [-0.15, -0.1) is 0 Å². The van der Waals surface area contributed by atoms with Gasteiger partial charge in [0.1, 0.15) is 11.6 Å². The predicted octanol–water partition coefficient (Wildman–Crippen LogP) is 1.91. The highest BCUT2D eigenvalue weighted by Gasteiger charge is 2.28. The molecule has 0 spiro atoms. The Morgan fingerprint density at radius 2 is 2.33 bits per heavy atom. The molecule has 0 aliphatic heterocycles. The van der Waals surface area contributed by atoms with Crippen molar-refractivity contribution < 1.29 is 13.9 Å². The van der Waals surface area contributed by atoms with Gasteiger partial charge in [0.25, 0.3) is 0 Å². The number of carbonyl (C=O) groups excluding carboxylic acids is 1. The molecule has 0 unspecified atom stereocenters. The standard InChI is InChI=1S/C12H16FN3O2/c1-18-10-4-2-3-9(10)15-12(17)16-11-6-5-8(13)7-14-11/h5-7,9-10H,2-4H2,1H3,(H2,14,15,16,17)/t9-,10-/m0/s1. The Bertz CT molecular complexity index is 410. The van der Waals surface area contributed by atoms with Crippen LogP contribution in [0.25, 0.3) is 0 Å². The highest BCUT2D eigenvalue weighted by molar-refractivity contribution is 5.88. The van der Waals surface area contributed by atoms with Gasteiger partial charge in [-0.3, -0.25) is 5.32 Å². The molecule has 1 aliphatic carbocycles. The molecule has 1 fully saturated rings. The fourth-order valence-corrected chi connectivity index (χ4v) is 2.14. The van der Waals surface area contributed by atoms with E-state index < -0.39 is 5.82 Å². The summed E-state index contributed by atoms with van der Waals surface area (Å²) < 4.78 is 17.9. The third-order valence-corrected chi connectivity index (χ3v) is 3.04. The van der Waals surface area contributed by atoms with Gasteiger partial charge in [-0.1, -0.05) is 0 Å². The van der Waals surface area contributed by atoms with Crippen molar-refractivity contribution in [2.45, 2.75) is 31.4 Å². The predicted molar refractivity (Wildman–Crippen MR) is 64.8 cm³/mol. The quantitative estimate of drug-likeness (QED) is 0.865. The second-order valence-electron chi connectivity index (χ2n) is 4.27. The molecule has 98 valence electrons. The van der Waals surface area contributed by atoms with Crippen LogP contribution in [0, 0.1) is 5.82 Å². The van der Waals surface area contributed by atoms with E-state index in [-0.39, 0.29) is 18.2 Å². The van der Waals surface area contributed by atoms with E-state index in [9.17, 15) is 9.18 Å². The van der Waals surface area contributed by atoms with Gasteiger partial charge in [0.2, 0.25) is 0 Å². The van der Waals surface area contributed by atoms with E-state index in [1.165, 1.54) is 12.1 Å². The zero-order chi connectivity index (χ0) is 13.0. The fourth-order valence-electron chi connectivity index (χ4n) is 2.14. The molecule has 0 radical (unpaired) electrons. The summed E-state index contributed by atoms with van der Waals surface area (Å²) >= 11 is 0. The molecule has 2 atom stereocenters. The van der Waals surface area contributed by atoms with E-state index in [1.807, 2.05) is 0 Å². The summed E-state index contributed by atoms with van der Waals surface area (Å²) in [6.07, 6.45) is 4.03. The lowest BCUT2D eigenvalue weighted by Gasteiger charge is -2.19. The lowest BCUT2D eigenvalue weighted by Crippen LogP contribution is -2.43. The molecule has 2 rings (SSSR count). The minimum absolute atomic E-state index is 0.0236. The third kappa shape index (κ3) is 3.16. The topological polar surface area (TPSA) is 63.2 Å². The third-order valence-electron chi connectivity index (χ3n) is 3.04. The number of nitrogens with zero attached hydrogens (tertiary/aromatic N) is 1. The van der Waals surface area contributed by atoms with Crippen LogP contribution in [0.4, 0.5) is 15.0 Å². The number of amides is 2. The number of anilines is 1. The van der Waals surface area contributed by atoms with Crippen molar-refractivity contribution in [2.24, 2.45) is 0 Å². The first-order valence-electron chi connectivity index (χ1n) is 5.91. The molecule has 18 heavy (non-hydrogen) atoms. The first-order chi connectivity index (χ1) is 8.69. The molecule has 0 aromatic carbocycles. The summed E-state index contributed by atoms with van der Waals surface area (Å²) in [6.45, 7) is 0. The number of pyridine rings is 1. The minimum Gasteiger partial charge on any atom is -0.379 e. The van der Waals surface area contributed by atoms with E-state index in [4.69, 9.17) is 4.74 Å². The summed E-state index contributed by atoms with van der Waals surface area (Å²) in [7, 11) is 1.64. The SMILES string of the molecule is CO[C@H]1CCC[C@@H]1NC(=O)Nc1ccc(F)cn1. The second kappa shape index (κ2) is 5.77. The smallest absolute Gasteiger partial charge is 0.320 e. The summed E-state index contributed by atoms with van der Waals surface area (Å²) in [5.74, 6) is -0.114. The highest BCUT2D eigenvalue weighted by Crippen LogP contribution is 2.21. The maximum absolute atomic E-state index is 12.6. The number of rotatable bonds is 3. The molecule has 5 nitrogen and oxygen atoms in total. The van der Waals surface area contributed by atoms with Crippen LogP contribution in [0.1, 0.15) is 19.3 Å². The van der Waals surface area contributed by atoms with Crippen molar-refractivity contribution in [3.63, 3.8) is 0 Å². The van der Waals surface area contributed by atoms with Crippen LogP contribution in [0.2, 0.25) is 0 Å². The molecule has 1 aromatic rings. The molecule has 0 bridgehead atoms. The van der Waals surface area contributed by atoms with Crippen LogP contribution >= 0.6 is 0 Å². The Kier molecular flexibility index (Phi) is 4.09. The van der Waals surface area contributed by atoms with Gasteiger partial charge in [-0.2, -0.15) is 0 Å². The van der Waals surface area contributed by atoms with E-state index in [0.29, 0.717) is 5.82 Å². The summed E-state index contributed by atoms with van der Waals surface area (Å²) in [5.41, 5.74) is 0. The van der Waals surface area contributed by atoms with Crippen LogP contribution in [0.15, 0.2) is 18.3 Å². The van der Waals surface area contributed by atoms with Crippen molar-refractivity contribution >= 4 is 11.8 Å². The fraction of sp³-hybridized carbons (Fsp3) is 0.500. The number of aromatic nitrogens is 1. The Morgan fingerprint density at radius 1 is 1.50 bits per heavy atom. The number of hydrogen-bond acceptors (Lipinski definition) is 3. The van der Waals surface area contributed by atoms with E-state index in [2.05, 4.69) is 15.6 Å². The van der Waals surface area contributed by atoms with Crippen LogP contribution in [0.3, 0.4) is 0 Å². The van der Waals surface area contributed by atoms with Crippen molar-refractivity contribution in [3.8, 4) is 0 Å². The lowest BCUT2D eigenvalue weighted by molar-refractivity contribution is 0.0882. The minimum atomic E-state index is -0.434. The largest absolute Gasteiger partial charge is 0.379 e. The number of nitrogens with one attached hydrogen (secondary N) is 2. The molecule has 6 heteroatoms. The van der Waals surface area contributed by atoms with Crippen LogP contribution in [0.5, 0.6) is 0 Å². The summed E-state index contributed by atoms with van der Waals surface area (Å²) in [6, 6.07) is 2.34. The Morgan fingerprint density at radius 3 is 3.00 bits per heavy atom. The number of halogens is 1. The van der Waals surface area contributed by atoms with Crippen LogP contribution in [-0.4, -0.2) is 30.3 Å².